The minimum Gasteiger partial charge on any atom is -0.0617 e. The summed E-state index contributed by atoms with van der Waals surface area (Å²) in [6.07, 6.45) is 1.03. The van der Waals surface area contributed by atoms with Crippen LogP contribution in [-0.4, -0.2) is 0 Å². The van der Waals surface area contributed by atoms with Crippen molar-refractivity contribution in [1.82, 2.24) is 0 Å². The average molecular weight is 1990 g/mol. The van der Waals surface area contributed by atoms with Crippen LogP contribution in [0.2, 0.25) is 0 Å². The van der Waals surface area contributed by atoms with E-state index in [1.54, 1.807) is 0 Å². The topological polar surface area (TPSA) is 0 Å². The Labute approximate surface area is 827 Å². The van der Waals surface area contributed by atoms with Crippen LogP contribution in [0, 0.1) is 228 Å². The number of benzene rings is 15. The van der Waals surface area contributed by atoms with E-state index in [9.17, 15) is 0 Å². The SMILES string of the molecule is Cc1c(C)c(Br)c(-c2c(Br)c(C)c(C)c(C)c2Br)c(Br)c1C.Cc1cc(-c2cc(C)c(C)c(C)c2)cc(C)c1C.Cc1cc(C(C)(C)c2cc(C)c(C)c(C)c2)cc(C)c1C.Cc1ccc(-c2ccc(C)c(C)c2)cc1C.Cc1ccc(-c2ccc(C)cc2)cc1.Cc1ccc(C)c(C)c1.Cc1ccc(Cc2ccc(C)cc2)cc1.Cc1cccc(C)c1.Cc1cccc(C)c1. The maximum atomic E-state index is 3.82. The first-order valence-corrected chi connectivity index (χ1v) is 49.4. The number of hydrogen-bond acceptors (Lipinski definition) is 0. The van der Waals surface area contributed by atoms with Crippen molar-refractivity contribution in [3.05, 3.63) is 472 Å². The normalized spacial score (nSPS) is 10.6. The summed E-state index contributed by atoms with van der Waals surface area (Å²) in [5.41, 5.74) is 60.4. The van der Waals surface area contributed by atoms with E-state index in [-0.39, 0.29) is 5.41 Å². The Morgan fingerprint density at radius 2 is 0.374 bits per heavy atom. The molecule has 684 valence electrons. The van der Waals surface area contributed by atoms with Crippen LogP contribution in [0.4, 0.5) is 0 Å². The van der Waals surface area contributed by atoms with Crippen molar-refractivity contribution >= 4 is 63.7 Å². The van der Waals surface area contributed by atoms with Crippen LogP contribution in [0.15, 0.2) is 267 Å². The van der Waals surface area contributed by atoms with Gasteiger partial charge in [0.05, 0.1) is 0 Å². The standard InChI is InChI=1S/C21H28.C18H18Br4.C18H22.C16H18.C15H16.C14H14.C9H12.2C8H10/c1-13-9-19(10-14(2)17(13)5)21(7,8)20-11-15(3)18(6)16(4)12-20;1-7-9(3)15(19)13(16(20)10(7)4)14-17(21)11(5)8(2)12(6)18(14)22;1-11-7-17(8-12(2)15(11)5)18-9-13(3)16(6)14(4)10-18;1-11-5-7-15(9-13(11)3)16-8-6-12(2)14(4)10-16;1-12-3-7-14(8-4-12)11-15-9-5-13(2)6-10-15;1-11-3-7-13(8-4-11)14-9-5-12(2)6-10-14;1-7-4-5-8(2)9(3)6-7;2*1-7-4-3-5-8(2)6-7/h9-12H,1-8H3;1-6H3;7-10H,1-6H3;5-10H,1-4H3;3-10H,11H2,1-2H3;3-10H,1-2H3;4-6H,1-3H3;2*3-6H,1-2H3. The highest BCUT2D eigenvalue weighted by molar-refractivity contribution is 9.11. The van der Waals surface area contributed by atoms with E-state index in [1.165, 1.54) is 250 Å². The summed E-state index contributed by atoms with van der Waals surface area (Å²) < 4.78 is 4.58. The minimum absolute atomic E-state index is 0.0342. The maximum Gasteiger partial charge on any atom is 0.0297 e. The summed E-state index contributed by atoms with van der Waals surface area (Å²) in [6, 6.07) is 90.1. The smallest absolute Gasteiger partial charge is 0.0297 e. The van der Waals surface area contributed by atoms with Gasteiger partial charge in [-0.25, -0.2) is 0 Å². The molecule has 0 aromatic heterocycles. The van der Waals surface area contributed by atoms with E-state index < -0.39 is 0 Å². The van der Waals surface area contributed by atoms with Crippen molar-refractivity contribution in [1.29, 1.82) is 0 Å². The van der Waals surface area contributed by atoms with E-state index in [1.807, 2.05) is 0 Å². The van der Waals surface area contributed by atoms with E-state index in [0.717, 1.165) is 24.3 Å². The molecule has 0 saturated carbocycles. The third kappa shape index (κ3) is 30.9. The van der Waals surface area contributed by atoms with Crippen LogP contribution < -0.4 is 0 Å². The Hall–Kier alpha value is -9.78. The molecule has 15 aromatic carbocycles. The highest BCUT2D eigenvalue weighted by atomic mass is 79.9. The molecule has 4 heteroatoms. The first-order chi connectivity index (χ1) is 61.5. The maximum absolute atomic E-state index is 3.82. The molecule has 0 spiro atoms. The zero-order valence-electron chi connectivity index (χ0n) is 85.9. The molecular formula is C127H148Br4. The highest BCUT2D eigenvalue weighted by Gasteiger charge is 2.27. The van der Waals surface area contributed by atoms with E-state index in [2.05, 4.69) is 555 Å². The van der Waals surface area contributed by atoms with Crippen LogP contribution in [0.3, 0.4) is 0 Å². The second-order valence-electron chi connectivity index (χ2n) is 37.7. The predicted octanol–water partition coefficient (Wildman–Crippen LogP) is 39.0. The van der Waals surface area contributed by atoms with Gasteiger partial charge in [0, 0.05) is 34.4 Å². The van der Waals surface area contributed by atoms with Crippen molar-refractivity contribution in [2.45, 2.75) is 254 Å². The van der Waals surface area contributed by atoms with E-state index >= 15 is 0 Å². The molecule has 0 amide bonds. The monoisotopic (exact) mass is 1990 g/mol. The summed E-state index contributed by atoms with van der Waals surface area (Å²) >= 11 is 15.3. The van der Waals surface area contributed by atoms with Gasteiger partial charge in [-0.3, -0.25) is 0 Å². The lowest BCUT2D eigenvalue weighted by Crippen LogP contribution is -2.20. The summed E-state index contributed by atoms with van der Waals surface area (Å²) in [5, 5.41) is 0. The van der Waals surface area contributed by atoms with Gasteiger partial charge in [0.2, 0.25) is 0 Å². The summed E-state index contributed by atoms with van der Waals surface area (Å²) in [4.78, 5) is 0. The largest absolute Gasteiger partial charge is 0.0617 e. The molecule has 15 rings (SSSR count). The molecule has 0 aliphatic carbocycles. The van der Waals surface area contributed by atoms with Crippen molar-refractivity contribution in [2.24, 2.45) is 0 Å². The quantitative estimate of drug-likeness (QED) is 0.142. The van der Waals surface area contributed by atoms with Crippen LogP contribution >= 0.6 is 63.7 Å². The summed E-state index contributed by atoms with van der Waals surface area (Å²) in [5.74, 6) is 0. The molecule has 0 aliphatic rings. The number of rotatable bonds is 8. The van der Waals surface area contributed by atoms with Gasteiger partial charge in [-0.2, -0.15) is 0 Å². The molecule has 0 saturated heterocycles. The Bertz CT molecular complexity index is 5850. The molecule has 0 aliphatic heterocycles. The van der Waals surface area contributed by atoms with Crippen LogP contribution in [-0.2, 0) is 11.8 Å². The average Bonchev–Trinajstić information content (AvgIpc) is 0.748. The van der Waals surface area contributed by atoms with Gasteiger partial charge in [-0.05, 0) is 488 Å². The van der Waals surface area contributed by atoms with Crippen LogP contribution in [0.1, 0.15) is 220 Å². The molecule has 0 heterocycles. The van der Waals surface area contributed by atoms with Gasteiger partial charge < -0.3 is 0 Å². The van der Waals surface area contributed by atoms with Gasteiger partial charge >= 0.3 is 0 Å². The van der Waals surface area contributed by atoms with Gasteiger partial charge in [0.25, 0.3) is 0 Å². The molecule has 0 bridgehead atoms. The number of hydrogen-bond donors (Lipinski definition) is 0. The molecule has 15 aromatic rings. The Morgan fingerprint density at radius 1 is 0.168 bits per heavy atom. The van der Waals surface area contributed by atoms with Crippen molar-refractivity contribution in [3.63, 3.8) is 0 Å². The number of aryl methyl sites for hydroxylation is 23. The lowest BCUT2D eigenvalue weighted by atomic mass is 9.75. The lowest BCUT2D eigenvalue weighted by Gasteiger charge is -2.29. The molecule has 131 heavy (non-hydrogen) atoms. The summed E-state index contributed by atoms with van der Waals surface area (Å²) in [6.45, 7) is 76.0. The predicted molar refractivity (Wildman–Crippen MR) is 595 cm³/mol. The van der Waals surface area contributed by atoms with Gasteiger partial charge in [-0.1, -0.05) is 313 Å². The molecule has 0 N–H and O–H groups in total. The van der Waals surface area contributed by atoms with Gasteiger partial charge in [0.1, 0.15) is 0 Å². The van der Waals surface area contributed by atoms with Crippen molar-refractivity contribution in [2.75, 3.05) is 0 Å². The molecule has 0 nitrogen and oxygen atoms in total. The fourth-order valence-corrected chi connectivity index (χ4v) is 18.8. The van der Waals surface area contributed by atoms with Crippen molar-refractivity contribution < 1.29 is 0 Å². The van der Waals surface area contributed by atoms with Crippen molar-refractivity contribution in [3.8, 4) is 44.5 Å². The van der Waals surface area contributed by atoms with Gasteiger partial charge in [0.15, 0.2) is 0 Å². The fourth-order valence-electron chi connectivity index (χ4n) is 15.5. The Balaban J connectivity index is 0.000000205. The summed E-state index contributed by atoms with van der Waals surface area (Å²) in [7, 11) is 0. The number of halogens is 4. The zero-order valence-corrected chi connectivity index (χ0v) is 92.2. The molecule has 0 atom stereocenters. The zero-order chi connectivity index (χ0) is 97.5. The first kappa shape index (κ1) is 108. The fraction of sp³-hybridized carbons (Fsp3) is 0.291. The first-order valence-electron chi connectivity index (χ1n) is 46.2. The third-order valence-corrected chi connectivity index (χ3v) is 30.6. The highest BCUT2D eigenvalue weighted by Crippen LogP contribution is 2.49. The van der Waals surface area contributed by atoms with Gasteiger partial charge in [-0.15, -0.1) is 0 Å². The van der Waals surface area contributed by atoms with E-state index in [4.69, 9.17) is 0 Å². The third-order valence-electron chi connectivity index (χ3n) is 26.6. The second-order valence-corrected chi connectivity index (χ2v) is 40.9. The molecule has 0 radical (unpaired) electrons. The minimum atomic E-state index is 0.0342. The Kier molecular flexibility index (Phi) is 41.2. The second kappa shape index (κ2) is 49.8. The van der Waals surface area contributed by atoms with Crippen LogP contribution in [0.5, 0.6) is 0 Å². The molecule has 0 fully saturated rings. The molecular weight excluding hydrogens is 1850 g/mol. The molecule has 0 unspecified atom stereocenters. The lowest BCUT2D eigenvalue weighted by molar-refractivity contribution is 0.637. The van der Waals surface area contributed by atoms with E-state index in [0.29, 0.717) is 0 Å². The van der Waals surface area contributed by atoms with Crippen LogP contribution in [0.25, 0.3) is 44.5 Å². The Morgan fingerprint density at radius 3 is 0.603 bits per heavy atom.